The Labute approximate surface area is 158 Å². The summed E-state index contributed by atoms with van der Waals surface area (Å²) in [5.74, 6) is -2.16. The summed E-state index contributed by atoms with van der Waals surface area (Å²) in [6, 6.07) is 4.42. The van der Waals surface area contributed by atoms with Crippen molar-refractivity contribution in [3.63, 3.8) is 0 Å². The van der Waals surface area contributed by atoms with E-state index in [0.29, 0.717) is 24.9 Å². The number of benzene rings is 1. The predicted molar refractivity (Wildman–Crippen MR) is 99.7 cm³/mol. The molecule has 2 N–H and O–H groups in total. The Balaban J connectivity index is 2.26. The average Bonchev–Trinajstić information content (AvgIpc) is 2.89. The zero-order valence-electron chi connectivity index (χ0n) is 16.0. The Morgan fingerprint density at radius 2 is 1.70 bits per heavy atom. The van der Waals surface area contributed by atoms with Gasteiger partial charge in [0.15, 0.2) is 0 Å². The van der Waals surface area contributed by atoms with E-state index in [1.807, 2.05) is 20.8 Å². The minimum atomic E-state index is -0.986. The van der Waals surface area contributed by atoms with Crippen molar-refractivity contribution in [3.05, 3.63) is 34.9 Å². The molecule has 1 aliphatic rings. The van der Waals surface area contributed by atoms with Crippen LogP contribution in [0.5, 0.6) is 0 Å². The highest BCUT2D eigenvalue weighted by Crippen LogP contribution is 2.26. The first-order valence-electron chi connectivity index (χ1n) is 9.33. The van der Waals surface area contributed by atoms with Crippen molar-refractivity contribution in [2.75, 3.05) is 6.54 Å². The number of hydrogen-bond donors (Lipinski definition) is 2. The van der Waals surface area contributed by atoms with Gasteiger partial charge in [-0.2, -0.15) is 0 Å². The van der Waals surface area contributed by atoms with E-state index >= 15 is 0 Å². The zero-order valence-corrected chi connectivity index (χ0v) is 16.0. The molecular weight excluding hydrogens is 348 g/mol. The highest BCUT2D eigenvalue weighted by atomic mass is 16.4. The molecule has 146 valence electrons. The lowest BCUT2D eigenvalue weighted by Crippen LogP contribution is -2.49. The molecule has 0 fully saturated rings. The molecule has 0 bridgehead atoms. The molecule has 0 saturated carbocycles. The quantitative estimate of drug-likeness (QED) is 0.647. The highest BCUT2D eigenvalue weighted by Gasteiger charge is 2.36. The number of carbonyl (C=O) groups excluding carboxylic acids is 3. The van der Waals surface area contributed by atoms with E-state index in [1.54, 1.807) is 0 Å². The summed E-state index contributed by atoms with van der Waals surface area (Å²) in [5.41, 5.74) is -0.0884. The molecule has 7 heteroatoms. The smallest absolute Gasteiger partial charge is 0.305 e. The molecule has 0 aromatic heterocycles. The lowest BCUT2D eigenvalue weighted by molar-refractivity contribution is -0.138. The van der Waals surface area contributed by atoms with Crippen molar-refractivity contribution in [1.82, 2.24) is 10.2 Å². The third-order valence-electron chi connectivity index (χ3n) is 5.19. The number of imide groups is 1. The van der Waals surface area contributed by atoms with Crippen molar-refractivity contribution in [2.45, 2.75) is 58.4 Å². The topological polar surface area (TPSA) is 104 Å². The fourth-order valence-electron chi connectivity index (χ4n) is 3.27. The van der Waals surface area contributed by atoms with Crippen molar-refractivity contribution in [1.29, 1.82) is 0 Å². The molecule has 0 spiro atoms. The van der Waals surface area contributed by atoms with E-state index in [9.17, 15) is 19.2 Å². The van der Waals surface area contributed by atoms with E-state index in [2.05, 4.69) is 5.32 Å². The van der Waals surface area contributed by atoms with Crippen LogP contribution >= 0.6 is 0 Å². The van der Waals surface area contributed by atoms with Crippen LogP contribution in [0.2, 0.25) is 0 Å². The SMILES string of the molecule is CCCCN1C(=O)c2ccc(C(=O)NC(CC)(CC)CC(=O)O)cc2C1=O. The van der Waals surface area contributed by atoms with Gasteiger partial charge in [-0.15, -0.1) is 0 Å². The molecule has 1 aromatic rings. The van der Waals surface area contributed by atoms with E-state index in [4.69, 9.17) is 5.11 Å². The van der Waals surface area contributed by atoms with Crippen molar-refractivity contribution in [2.24, 2.45) is 0 Å². The lowest BCUT2D eigenvalue weighted by atomic mass is 9.88. The van der Waals surface area contributed by atoms with E-state index in [0.717, 1.165) is 12.8 Å². The van der Waals surface area contributed by atoms with Gasteiger partial charge in [0.05, 0.1) is 23.1 Å². The normalized spacial score (nSPS) is 13.7. The van der Waals surface area contributed by atoms with Gasteiger partial charge in [-0.05, 0) is 37.5 Å². The van der Waals surface area contributed by atoms with Crippen molar-refractivity contribution >= 4 is 23.7 Å². The summed E-state index contributed by atoms with van der Waals surface area (Å²) in [4.78, 5) is 50.0. The maximum Gasteiger partial charge on any atom is 0.305 e. The number of unbranched alkanes of at least 4 members (excludes halogenated alkanes) is 1. The first kappa shape index (κ1) is 20.6. The molecule has 1 aliphatic heterocycles. The summed E-state index contributed by atoms with van der Waals surface area (Å²) in [5, 5.41) is 12.0. The van der Waals surface area contributed by atoms with Gasteiger partial charge in [-0.1, -0.05) is 27.2 Å². The summed E-state index contributed by atoms with van der Waals surface area (Å²) in [7, 11) is 0. The van der Waals surface area contributed by atoms with Gasteiger partial charge < -0.3 is 10.4 Å². The van der Waals surface area contributed by atoms with Crippen LogP contribution in [-0.2, 0) is 4.79 Å². The molecule has 3 amide bonds. The summed E-state index contributed by atoms with van der Waals surface area (Å²) in [6.07, 6.45) is 2.34. The van der Waals surface area contributed by atoms with Crippen LogP contribution in [0.1, 0.15) is 83.9 Å². The fraction of sp³-hybridized carbons (Fsp3) is 0.500. The van der Waals surface area contributed by atoms with Crippen LogP contribution in [0.15, 0.2) is 18.2 Å². The Morgan fingerprint density at radius 1 is 1.07 bits per heavy atom. The molecule has 7 nitrogen and oxygen atoms in total. The monoisotopic (exact) mass is 374 g/mol. The minimum absolute atomic E-state index is 0.182. The lowest BCUT2D eigenvalue weighted by Gasteiger charge is -2.31. The van der Waals surface area contributed by atoms with Gasteiger partial charge in [-0.25, -0.2) is 0 Å². The maximum absolute atomic E-state index is 12.7. The molecular formula is C20H26N2O5. The van der Waals surface area contributed by atoms with Crippen LogP contribution in [0.4, 0.5) is 0 Å². The largest absolute Gasteiger partial charge is 0.481 e. The van der Waals surface area contributed by atoms with Crippen molar-refractivity contribution in [3.8, 4) is 0 Å². The van der Waals surface area contributed by atoms with Crippen molar-refractivity contribution < 1.29 is 24.3 Å². The maximum atomic E-state index is 12.7. The van der Waals surface area contributed by atoms with Gasteiger partial charge in [0, 0.05) is 12.1 Å². The summed E-state index contributed by atoms with van der Waals surface area (Å²) < 4.78 is 0. The van der Waals surface area contributed by atoms with Gasteiger partial charge in [0.25, 0.3) is 17.7 Å². The van der Waals surface area contributed by atoms with E-state index in [1.165, 1.54) is 23.1 Å². The molecule has 0 radical (unpaired) electrons. The Bertz CT molecular complexity index is 768. The number of nitrogens with one attached hydrogen (secondary N) is 1. The molecule has 27 heavy (non-hydrogen) atoms. The minimum Gasteiger partial charge on any atom is -0.481 e. The Kier molecular flexibility index (Phi) is 6.36. The number of carbonyl (C=O) groups is 4. The van der Waals surface area contributed by atoms with E-state index in [-0.39, 0.29) is 29.4 Å². The number of hydrogen-bond acceptors (Lipinski definition) is 4. The van der Waals surface area contributed by atoms with Crippen LogP contribution in [0, 0.1) is 0 Å². The van der Waals surface area contributed by atoms with E-state index < -0.39 is 17.4 Å². The van der Waals surface area contributed by atoms with Crippen LogP contribution < -0.4 is 5.32 Å². The first-order chi connectivity index (χ1) is 12.8. The number of amides is 3. The molecule has 2 rings (SSSR count). The second-order valence-electron chi connectivity index (χ2n) is 6.89. The Hall–Kier alpha value is -2.70. The number of carboxylic acids is 1. The fourth-order valence-corrected chi connectivity index (χ4v) is 3.27. The molecule has 1 aromatic carbocycles. The number of carboxylic acid groups (broad SMARTS) is 1. The molecule has 1 heterocycles. The van der Waals surface area contributed by atoms with Crippen LogP contribution in [-0.4, -0.2) is 45.8 Å². The van der Waals surface area contributed by atoms with Gasteiger partial charge in [0.2, 0.25) is 0 Å². The Morgan fingerprint density at radius 3 is 2.26 bits per heavy atom. The highest BCUT2D eigenvalue weighted by molar-refractivity contribution is 6.22. The molecule has 0 atom stereocenters. The molecule has 0 saturated heterocycles. The van der Waals surface area contributed by atoms with Gasteiger partial charge in [0.1, 0.15) is 0 Å². The second-order valence-corrected chi connectivity index (χ2v) is 6.89. The second kappa shape index (κ2) is 8.33. The number of aliphatic carboxylic acids is 1. The molecule has 0 unspecified atom stereocenters. The number of rotatable bonds is 9. The number of nitrogens with zero attached hydrogens (tertiary/aromatic N) is 1. The predicted octanol–water partition coefficient (Wildman–Crippen LogP) is 2.85. The zero-order chi connectivity index (χ0) is 20.2. The van der Waals surface area contributed by atoms with Gasteiger partial charge >= 0.3 is 5.97 Å². The standard InChI is InChI=1S/C20H26N2O5/c1-4-7-10-22-18(26)14-9-8-13(11-15(14)19(22)27)17(25)21-20(5-2,6-3)12-16(23)24/h8-9,11H,4-7,10,12H2,1-3H3,(H,21,25)(H,23,24). The first-order valence-corrected chi connectivity index (χ1v) is 9.33. The van der Waals surface area contributed by atoms with Gasteiger partial charge in [-0.3, -0.25) is 24.1 Å². The van der Waals surface area contributed by atoms with Crippen LogP contribution in [0.3, 0.4) is 0 Å². The number of fused-ring (bicyclic) bond motifs is 1. The van der Waals surface area contributed by atoms with Crippen LogP contribution in [0.25, 0.3) is 0 Å². The summed E-state index contributed by atoms with van der Waals surface area (Å²) in [6.45, 7) is 5.98. The average molecular weight is 374 g/mol. The third-order valence-corrected chi connectivity index (χ3v) is 5.19. The molecule has 0 aliphatic carbocycles. The summed E-state index contributed by atoms with van der Waals surface area (Å²) >= 11 is 0. The third kappa shape index (κ3) is 4.18.